The van der Waals surface area contributed by atoms with E-state index in [0.29, 0.717) is 42.6 Å². The largest absolute Gasteiger partial charge is 0.411 e. The van der Waals surface area contributed by atoms with E-state index >= 15 is 0 Å². The van der Waals surface area contributed by atoms with Crippen molar-refractivity contribution in [2.24, 2.45) is 0 Å². The van der Waals surface area contributed by atoms with Crippen molar-refractivity contribution in [2.75, 3.05) is 39.5 Å². The summed E-state index contributed by atoms with van der Waals surface area (Å²) >= 11 is 12.4. The standard InChI is InChI=1S/C18H23Cl2F3N2O3/c19-13-2-3-14(15(20)10-13)17(4-8-27-9-5-17)11-25-16(26)24-6-1-7-28-12-18(21,22)23/h2-3,10H,1,4-9,11-12H2,(H2,24,25,26). The molecule has 2 N–H and O–H groups in total. The van der Waals surface area contributed by atoms with Crippen molar-refractivity contribution in [1.82, 2.24) is 10.6 Å². The zero-order chi connectivity index (χ0) is 20.6. The first kappa shape index (κ1) is 23.1. The quantitative estimate of drug-likeness (QED) is 0.589. The van der Waals surface area contributed by atoms with Gasteiger partial charge in [-0.15, -0.1) is 0 Å². The fraction of sp³-hybridized carbons (Fsp3) is 0.611. The number of carbonyl (C=O) groups excluding carboxylic acids is 1. The lowest BCUT2D eigenvalue weighted by Gasteiger charge is -2.38. The maximum atomic E-state index is 12.1. The molecule has 1 aromatic carbocycles. The van der Waals surface area contributed by atoms with Crippen LogP contribution in [0.3, 0.4) is 0 Å². The van der Waals surface area contributed by atoms with E-state index in [0.717, 1.165) is 5.56 Å². The van der Waals surface area contributed by atoms with Gasteiger partial charge in [-0.3, -0.25) is 0 Å². The minimum atomic E-state index is -4.34. The van der Waals surface area contributed by atoms with Gasteiger partial charge in [0.2, 0.25) is 0 Å². The molecule has 1 fully saturated rings. The first-order chi connectivity index (χ1) is 13.2. The summed E-state index contributed by atoms with van der Waals surface area (Å²) < 4.78 is 45.8. The number of hydrogen-bond acceptors (Lipinski definition) is 3. The molecule has 158 valence electrons. The smallest absolute Gasteiger partial charge is 0.381 e. The van der Waals surface area contributed by atoms with Crippen molar-refractivity contribution in [1.29, 1.82) is 0 Å². The number of carbonyl (C=O) groups is 1. The van der Waals surface area contributed by atoms with Crippen molar-refractivity contribution < 1.29 is 27.4 Å². The van der Waals surface area contributed by atoms with Crippen LogP contribution in [-0.4, -0.2) is 51.7 Å². The number of halogens is 5. The Morgan fingerprint density at radius 1 is 1.21 bits per heavy atom. The van der Waals surface area contributed by atoms with E-state index in [-0.39, 0.29) is 25.0 Å². The van der Waals surface area contributed by atoms with Crippen LogP contribution >= 0.6 is 23.2 Å². The molecule has 10 heteroatoms. The van der Waals surface area contributed by atoms with Gasteiger partial charge in [0.1, 0.15) is 6.61 Å². The minimum Gasteiger partial charge on any atom is -0.381 e. The van der Waals surface area contributed by atoms with E-state index in [1.807, 2.05) is 6.07 Å². The molecule has 2 rings (SSSR count). The predicted octanol–water partition coefficient (Wildman–Crippen LogP) is 4.31. The zero-order valence-electron chi connectivity index (χ0n) is 15.2. The van der Waals surface area contributed by atoms with Gasteiger partial charge in [0.05, 0.1) is 0 Å². The third-order valence-corrected chi connectivity index (χ3v) is 5.10. The predicted molar refractivity (Wildman–Crippen MR) is 101 cm³/mol. The number of hydrogen-bond donors (Lipinski definition) is 2. The van der Waals surface area contributed by atoms with Crippen molar-refractivity contribution in [3.63, 3.8) is 0 Å². The molecule has 0 spiro atoms. The maximum Gasteiger partial charge on any atom is 0.411 e. The number of amides is 2. The summed E-state index contributed by atoms with van der Waals surface area (Å²) in [5.41, 5.74) is 0.537. The molecule has 1 saturated heterocycles. The molecular weight excluding hydrogens is 420 g/mol. The van der Waals surface area contributed by atoms with Crippen LogP contribution in [0.2, 0.25) is 10.0 Å². The Hall–Kier alpha value is -1.22. The van der Waals surface area contributed by atoms with Crippen LogP contribution in [0.25, 0.3) is 0 Å². The molecule has 0 aromatic heterocycles. The molecule has 0 bridgehead atoms. The zero-order valence-corrected chi connectivity index (χ0v) is 16.7. The molecule has 0 saturated carbocycles. The second kappa shape index (κ2) is 10.5. The summed E-state index contributed by atoms with van der Waals surface area (Å²) in [5, 5.41) is 6.52. The summed E-state index contributed by atoms with van der Waals surface area (Å²) in [6.45, 7) is 0.306. The first-order valence-electron chi connectivity index (χ1n) is 8.91. The number of urea groups is 1. The van der Waals surface area contributed by atoms with Gasteiger partial charge in [-0.2, -0.15) is 13.2 Å². The Balaban J connectivity index is 1.82. The van der Waals surface area contributed by atoms with Crippen LogP contribution in [0.5, 0.6) is 0 Å². The molecule has 0 atom stereocenters. The third-order valence-electron chi connectivity index (χ3n) is 4.56. The highest BCUT2D eigenvalue weighted by Gasteiger charge is 2.36. The molecule has 1 aliphatic rings. The number of ether oxygens (including phenoxy) is 2. The second-order valence-corrected chi connectivity index (χ2v) is 7.49. The Kier molecular flexibility index (Phi) is 8.67. The summed E-state index contributed by atoms with van der Waals surface area (Å²) in [6, 6.07) is 4.91. The van der Waals surface area contributed by atoms with Crippen molar-refractivity contribution in [3.8, 4) is 0 Å². The number of alkyl halides is 3. The first-order valence-corrected chi connectivity index (χ1v) is 9.67. The maximum absolute atomic E-state index is 12.1. The van der Waals surface area contributed by atoms with Gasteiger partial charge < -0.3 is 20.1 Å². The lowest BCUT2D eigenvalue weighted by molar-refractivity contribution is -0.173. The highest BCUT2D eigenvalue weighted by atomic mass is 35.5. The van der Waals surface area contributed by atoms with E-state index in [2.05, 4.69) is 15.4 Å². The van der Waals surface area contributed by atoms with Crippen LogP contribution in [0.15, 0.2) is 18.2 Å². The molecule has 28 heavy (non-hydrogen) atoms. The number of nitrogens with one attached hydrogen (secondary N) is 2. The lowest BCUT2D eigenvalue weighted by atomic mass is 9.74. The Morgan fingerprint density at radius 3 is 2.57 bits per heavy atom. The van der Waals surface area contributed by atoms with Crippen LogP contribution in [0.4, 0.5) is 18.0 Å². The van der Waals surface area contributed by atoms with E-state index < -0.39 is 18.8 Å². The van der Waals surface area contributed by atoms with Gasteiger partial charge >= 0.3 is 12.2 Å². The molecule has 0 unspecified atom stereocenters. The summed E-state index contributed by atoms with van der Waals surface area (Å²) in [5.74, 6) is 0. The molecular formula is C18H23Cl2F3N2O3. The monoisotopic (exact) mass is 442 g/mol. The fourth-order valence-electron chi connectivity index (χ4n) is 3.10. The average molecular weight is 443 g/mol. The Morgan fingerprint density at radius 2 is 1.93 bits per heavy atom. The van der Waals surface area contributed by atoms with Crippen LogP contribution < -0.4 is 10.6 Å². The van der Waals surface area contributed by atoms with Crippen LogP contribution in [-0.2, 0) is 14.9 Å². The molecule has 1 aliphatic heterocycles. The summed E-state index contributed by atoms with van der Waals surface area (Å²) in [7, 11) is 0. The van der Waals surface area contributed by atoms with Crippen LogP contribution in [0.1, 0.15) is 24.8 Å². The highest BCUT2D eigenvalue weighted by molar-refractivity contribution is 6.35. The molecule has 2 amide bonds. The average Bonchev–Trinajstić information content (AvgIpc) is 2.62. The van der Waals surface area contributed by atoms with Crippen LogP contribution in [0, 0.1) is 0 Å². The minimum absolute atomic E-state index is 0.0819. The summed E-state index contributed by atoms with van der Waals surface area (Å²) in [4.78, 5) is 12.1. The Bertz CT molecular complexity index is 653. The van der Waals surface area contributed by atoms with E-state index in [9.17, 15) is 18.0 Å². The topological polar surface area (TPSA) is 59.6 Å². The normalized spacial score (nSPS) is 16.6. The Labute approximate surface area is 171 Å². The van der Waals surface area contributed by atoms with E-state index in [1.54, 1.807) is 12.1 Å². The van der Waals surface area contributed by atoms with Gasteiger partial charge in [-0.1, -0.05) is 29.3 Å². The second-order valence-electron chi connectivity index (χ2n) is 6.65. The number of benzene rings is 1. The van der Waals surface area contributed by atoms with Crippen molar-refractivity contribution in [3.05, 3.63) is 33.8 Å². The molecule has 1 aromatic rings. The van der Waals surface area contributed by atoms with Crippen molar-refractivity contribution in [2.45, 2.75) is 30.9 Å². The molecule has 0 radical (unpaired) electrons. The van der Waals surface area contributed by atoms with Gasteiger partial charge in [-0.05, 0) is 37.0 Å². The lowest BCUT2D eigenvalue weighted by Crippen LogP contribution is -2.47. The van der Waals surface area contributed by atoms with Gasteiger partial charge in [0, 0.05) is 48.4 Å². The van der Waals surface area contributed by atoms with E-state index in [1.165, 1.54) is 0 Å². The van der Waals surface area contributed by atoms with E-state index in [4.69, 9.17) is 27.9 Å². The molecule has 1 heterocycles. The molecule has 0 aliphatic carbocycles. The molecule has 5 nitrogen and oxygen atoms in total. The summed E-state index contributed by atoms with van der Waals surface area (Å²) in [6.07, 6.45) is -2.67. The van der Waals surface area contributed by atoms with Gasteiger partial charge in [0.25, 0.3) is 0 Å². The number of rotatable bonds is 8. The van der Waals surface area contributed by atoms with Gasteiger partial charge in [0.15, 0.2) is 0 Å². The third kappa shape index (κ3) is 7.31. The fourth-order valence-corrected chi connectivity index (χ4v) is 3.71. The van der Waals surface area contributed by atoms with Gasteiger partial charge in [-0.25, -0.2) is 4.79 Å². The SMILES string of the molecule is O=C(NCCCOCC(F)(F)F)NCC1(c2ccc(Cl)cc2Cl)CCOCC1. The van der Waals surface area contributed by atoms with Crippen molar-refractivity contribution >= 4 is 29.2 Å². The highest BCUT2D eigenvalue weighted by Crippen LogP contribution is 2.39.